The van der Waals surface area contributed by atoms with Crippen LogP contribution in [0.15, 0.2) is 17.5 Å². The van der Waals surface area contributed by atoms with E-state index >= 15 is 0 Å². The predicted octanol–water partition coefficient (Wildman–Crippen LogP) is 2.10. The van der Waals surface area contributed by atoms with Gasteiger partial charge in [-0.05, 0) is 30.7 Å². The van der Waals surface area contributed by atoms with Gasteiger partial charge in [-0.15, -0.1) is 11.3 Å². The molecule has 0 saturated carbocycles. The van der Waals surface area contributed by atoms with Gasteiger partial charge in [0.25, 0.3) is 0 Å². The van der Waals surface area contributed by atoms with Crippen molar-refractivity contribution in [3.05, 3.63) is 22.4 Å². The van der Waals surface area contributed by atoms with Gasteiger partial charge in [-0.1, -0.05) is 12.5 Å². The Hall–Kier alpha value is -1.36. The first-order valence-electron chi connectivity index (χ1n) is 6.72. The van der Waals surface area contributed by atoms with Gasteiger partial charge in [0.1, 0.15) is 0 Å². The van der Waals surface area contributed by atoms with Gasteiger partial charge in [0.05, 0.1) is 0 Å². The number of carbonyl (C=O) groups excluding carboxylic acids is 2. The smallest absolute Gasteiger partial charge is 0.220 e. The molecule has 0 aliphatic rings. The highest BCUT2D eigenvalue weighted by molar-refractivity contribution is 7.09. The number of thiophene rings is 1. The van der Waals surface area contributed by atoms with Crippen molar-refractivity contribution in [2.75, 3.05) is 13.1 Å². The topological polar surface area (TPSA) is 58.2 Å². The van der Waals surface area contributed by atoms with Crippen molar-refractivity contribution < 1.29 is 9.59 Å². The van der Waals surface area contributed by atoms with E-state index in [1.165, 1.54) is 11.8 Å². The molecule has 0 aliphatic heterocycles. The molecule has 0 spiro atoms. The highest BCUT2D eigenvalue weighted by atomic mass is 32.1. The monoisotopic (exact) mass is 282 g/mol. The Morgan fingerprint density at radius 2 is 2.00 bits per heavy atom. The molecule has 0 saturated heterocycles. The fourth-order valence-corrected chi connectivity index (χ4v) is 2.43. The third-order valence-electron chi connectivity index (χ3n) is 2.73. The summed E-state index contributed by atoms with van der Waals surface area (Å²) in [7, 11) is 0. The van der Waals surface area contributed by atoms with Crippen molar-refractivity contribution in [1.29, 1.82) is 0 Å². The van der Waals surface area contributed by atoms with Crippen LogP contribution in [0.4, 0.5) is 0 Å². The first-order chi connectivity index (χ1) is 9.18. The molecule has 0 unspecified atom stereocenters. The second-order valence-electron chi connectivity index (χ2n) is 4.47. The zero-order valence-electron chi connectivity index (χ0n) is 11.4. The Morgan fingerprint density at radius 1 is 1.16 bits per heavy atom. The fourth-order valence-electron chi connectivity index (χ4n) is 1.72. The summed E-state index contributed by atoms with van der Waals surface area (Å²) < 4.78 is 0. The minimum atomic E-state index is 0.00585. The Morgan fingerprint density at radius 3 is 2.68 bits per heavy atom. The van der Waals surface area contributed by atoms with Crippen molar-refractivity contribution in [2.45, 2.75) is 39.0 Å². The Balaban J connectivity index is 1.92. The number of amides is 2. The van der Waals surface area contributed by atoms with Gasteiger partial charge < -0.3 is 10.6 Å². The van der Waals surface area contributed by atoms with Crippen LogP contribution in [-0.2, 0) is 16.0 Å². The maximum absolute atomic E-state index is 11.5. The molecule has 4 nitrogen and oxygen atoms in total. The molecule has 106 valence electrons. The van der Waals surface area contributed by atoms with E-state index < -0.39 is 0 Å². The molecular formula is C14H22N2O2S. The summed E-state index contributed by atoms with van der Waals surface area (Å²) in [4.78, 5) is 23.5. The molecule has 0 bridgehead atoms. The molecule has 0 atom stereocenters. The minimum absolute atomic E-state index is 0.00585. The molecule has 1 aromatic rings. The van der Waals surface area contributed by atoms with Crippen molar-refractivity contribution in [2.24, 2.45) is 0 Å². The molecule has 0 fully saturated rings. The molecule has 5 heteroatoms. The van der Waals surface area contributed by atoms with Crippen molar-refractivity contribution >= 4 is 23.2 Å². The van der Waals surface area contributed by atoms with Crippen LogP contribution in [0.2, 0.25) is 0 Å². The number of hydrogen-bond acceptors (Lipinski definition) is 3. The van der Waals surface area contributed by atoms with Crippen molar-refractivity contribution in [3.63, 3.8) is 0 Å². The molecule has 0 radical (unpaired) electrons. The van der Waals surface area contributed by atoms with Crippen LogP contribution in [-0.4, -0.2) is 24.9 Å². The molecule has 19 heavy (non-hydrogen) atoms. The standard InChI is InChI=1S/C14H22N2O2S/c1-12(17)15-9-4-2-3-7-14(18)16-10-8-13-6-5-11-19-13/h5-6,11H,2-4,7-10H2,1H3,(H,15,17)(H,16,18). The van der Waals surface area contributed by atoms with Crippen LogP contribution < -0.4 is 10.6 Å². The summed E-state index contributed by atoms with van der Waals surface area (Å²) in [5, 5.41) is 7.72. The number of nitrogens with one attached hydrogen (secondary N) is 2. The molecule has 1 aromatic heterocycles. The van der Waals surface area contributed by atoms with Gasteiger partial charge in [0.2, 0.25) is 11.8 Å². The lowest BCUT2D eigenvalue weighted by molar-refractivity contribution is -0.121. The normalized spacial score (nSPS) is 10.2. The van der Waals surface area contributed by atoms with Crippen LogP contribution in [0, 0.1) is 0 Å². The molecule has 1 heterocycles. The molecule has 2 amide bonds. The van der Waals surface area contributed by atoms with Crippen LogP contribution >= 0.6 is 11.3 Å². The second kappa shape index (κ2) is 9.55. The Bertz CT molecular complexity index is 377. The average molecular weight is 282 g/mol. The zero-order valence-corrected chi connectivity index (χ0v) is 12.2. The van der Waals surface area contributed by atoms with E-state index in [4.69, 9.17) is 0 Å². The maximum Gasteiger partial charge on any atom is 0.220 e. The van der Waals surface area contributed by atoms with Crippen LogP contribution in [0.3, 0.4) is 0 Å². The molecule has 1 rings (SSSR count). The largest absolute Gasteiger partial charge is 0.356 e. The molecule has 2 N–H and O–H groups in total. The van der Waals surface area contributed by atoms with Gasteiger partial charge in [-0.3, -0.25) is 9.59 Å². The average Bonchev–Trinajstić information content (AvgIpc) is 2.86. The summed E-state index contributed by atoms with van der Waals surface area (Å²) in [5.74, 6) is 0.127. The molecular weight excluding hydrogens is 260 g/mol. The first-order valence-corrected chi connectivity index (χ1v) is 7.60. The van der Waals surface area contributed by atoms with E-state index in [1.807, 2.05) is 11.4 Å². The summed E-state index contributed by atoms with van der Waals surface area (Å²) >= 11 is 1.72. The van der Waals surface area contributed by atoms with Crippen LogP contribution in [0.5, 0.6) is 0 Å². The van der Waals surface area contributed by atoms with Crippen molar-refractivity contribution in [1.82, 2.24) is 10.6 Å². The Kier molecular flexibility index (Phi) is 7.89. The SMILES string of the molecule is CC(=O)NCCCCCC(=O)NCCc1cccs1. The third-order valence-corrected chi connectivity index (χ3v) is 3.66. The quantitative estimate of drug-likeness (QED) is 0.682. The van der Waals surface area contributed by atoms with Gasteiger partial charge in [-0.2, -0.15) is 0 Å². The highest BCUT2D eigenvalue weighted by Crippen LogP contribution is 2.08. The summed E-state index contributed by atoms with van der Waals surface area (Å²) in [6.45, 7) is 2.93. The van der Waals surface area contributed by atoms with Crippen LogP contribution in [0.25, 0.3) is 0 Å². The fraction of sp³-hybridized carbons (Fsp3) is 0.571. The maximum atomic E-state index is 11.5. The highest BCUT2D eigenvalue weighted by Gasteiger charge is 2.01. The van der Waals surface area contributed by atoms with E-state index in [9.17, 15) is 9.59 Å². The zero-order chi connectivity index (χ0) is 13.9. The molecule has 0 aliphatic carbocycles. The number of unbranched alkanes of at least 4 members (excludes halogenated alkanes) is 2. The van der Waals surface area contributed by atoms with Crippen LogP contribution in [0.1, 0.15) is 37.5 Å². The number of hydrogen-bond donors (Lipinski definition) is 2. The molecule has 0 aromatic carbocycles. The number of carbonyl (C=O) groups is 2. The van der Waals surface area contributed by atoms with Gasteiger partial charge in [-0.25, -0.2) is 0 Å². The second-order valence-corrected chi connectivity index (χ2v) is 5.51. The van der Waals surface area contributed by atoms with Gasteiger partial charge in [0, 0.05) is 31.3 Å². The van der Waals surface area contributed by atoms with E-state index in [2.05, 4.69) is 16.7 Å². The first kappa shape index (κ1) is 15.7. The lowest BCUT2D eigenvalue weighted by Gasteiger charge is -2.04. The third kappa shape index (κ3) is 8.37. The van der Waals surface area contributed by atoms with Crippen molar-refractivity contribution in [3.8, 4) is 0 Å². The van der Waals surface area contributed by atoms with E-state index in [0.29, 0.717) is 19.5 Å². The summed E-state index contributed by atoms with van der Waals surface area (Å²) in [6, 6.07) is 4.11. The van der Waals surface area contributed by atoms with E-state index in [0.717, 1.165) is 25.7 Å². The lowest BCUT2D eigenvalue weighted by atomic mass is 10.2. The summed E-state index contributed by atoms with van der Waals surface area (Å²) in [6.07, 6.45) is 4.27. The summed E-state index contributed by atoms with van der Waals surface area (Å²) in [5.41, 5.74) is 0. The predicted molar refractivity (Wildman–Crippen MR) is 78.2 cm³/mol. The van der Waals surface area contributed by atoms with E-state index in [1.54, 1.807) is 11.3 Å². The Labute approximate surface area is 118 Å². The van der Waals surface area contributed by atoms with Gasteiger partial charge in [0.15, 0.2) is 0 Å². The van der Waals surface area contributed by atoms with E-state index in [-0.39, 0.29) is 11.8 Å². The number of rotatable bonds is 9. The lowest BCUT2D eigenvalue weighted by Crippen LogP contribution is -2.25. The van der Waals surface area contributed by atoms with Gasteiger partial charge >= 0.3 is 0 Å². The minimum Gasteiger partial charge on any atom is -0.356 e.